The molecule has 1 aliphatic heterocycles. The molecule has 1 heterocycles. The van der Waals surface area contributed by atoms with Gasteiger partial charge in [0.15, 0.2) is 5.79 Å². The van der Waals surface area contributed by atoms with E-state index in [1.54, 1.807) is 0 Å². The molecule has 1 amide bonds. The molecule has 122 valence electrons. The number of nitrogens with zero attached hydrogens (tertiary/aromatic N) is 1. The molecule has 1 spiro atoms. The van der Waals surface area contributed by atoms with E-state index in [0.29, 0.717) is 25.7 Å². The largest absolute Gasteiger partial charge is 0.352 e. The Hall–Kier alpha value is -0.650. The second-order valence-electron chi connectivity index (χ2n) is 6.69. The lowest BCUT2D eigenvalue weighted by atomic mass is 10.1. The summed E-state index contributed by atoms with van der Waals surface area (Å²) in [5, 5.41) is 2.96. The van der Waals surface area contributed by atoms with Crippen LogP contribution in [0.15, 0.2) is 0 Å². The van der Waals surface area contributed by atoms with Gasteiger partial charge in [0.2, 0.25) is 5.91 Å². The second-order valence-corrected chi connectivity index (χ2v) is 6.69. The van der Waals surface area contributed by atoms with Gasteiger partial charge in [-0.2, -0.15) is 0 Å². The van der Waals surface area contributed by atoms with Crippen LogP contribution in [0.2, 0.25) is 0 Å². The van der Waals surface area contributed by atoms with E-state index >= 15 is 0 Å². The maximum absolute atomic E-state index is 11.9. The van der Waals surface area contributed by atoms with Crippen LogP contribution >= 0.6 is 0 Å². The molecule has 0 aromatic heterocycles. The molecule has 0 bridgehead atoms. The van der Waals surface area contributed by atoms with E-state index < -0.39 is 0 Å². The lowest BCUT2D eigenvalue weighted by molar-refractivity contribution is -0.175. The van der Waals surface area contributed by atoms with Crippen LogP contribution < -0.4 is 5.32 Å². The minimum atomic E-state index is -0.360. The molecule has 1 atom stereocenters. The van der Waals surface area contributed by atoms with Gasteiger partial charge in [0.1, 0.15) is 6.10 Å². The molecule has 1 saturated carbocycles. The summed E-state index contributed by atoms with van der Waals surface area (Å²) in [4.78, 5) is 13.9. The summed E-state index contributed by atoms with van der Waals surface area (Å²) in [5.41, 5.74) is 0. The highest BCUT2D eigenvalue weighted by Gasteiger charge is 2.41. The fraction of sp³-hybridized carbons (Fsp3) is 0.938. The van der Waals surface area contributed by atoms with Crippen molar-refractivity contribution in [2.45, 2.75) is 70.3 Å². The quantitative estimate of drug-likeness (QED) is 0.842. The SMILES string of the molecule is CC(C)N(C)CC(=O)NCC1COC2(CCCCCC2)O1. The van der Waals surface area contributed by atoms with Crippen LogP contribution in [0.3, 0.4) is 0 Å². The number of hydrogen-bond acceptors (Lipinski definition) is 4. The molecule has 0 radical (unpaired) electrons. The molecule has 1 N–H and O–H groups in total. The van der Waals surface area contributed by atoms with Gasteiger partial charge in [-0.1, -0.05) is 12.8 Å². The molecule has 0 aromatic rings. The van der Waals surface area contributed by atoms with Gasteiger partial charge in [-0.15, -0.1) is 0 Å². The van der Waals surface area contributed by atoms with Crippen LogP contribution in [0, 0.1) is 0 Å². The van der Waals surface area contributed by atoms with Crippen LogP contribution in [0.5, 0.6) is 0 Å². The number of ether oxygens (including phenoxy) is 2. The van der Waals surface area contributed by atoms with Gasteiger partial charge in [0.05, 0.1) is 13.2 Å². The second kappa shape index (κ2) is 7.56. The molecule has 2 rings (SSSR count). The first-order valence-corrected chi connectivity index (χ1v) is 8.29. The van der Waals surface area contributed by atoms with Gasteiger partial charge in [-0.3, -0.25) is 9.69 Å². The minimum absolute atomic E-state index is 0.00333. The maximum Gasteiger partial charge on any atom is 0.234 e. The normalized spacial score (nSPS) is 25.5. The summed E-state index contributed by atoms with van der Waals surface area (Å²) in [5.74, 6) is -0.308. The van der Waals surface area contributed by atoms with Gasteiger partial charge in [-0.05, 0) is 33.7 Å². The Labute approximate surface area is 128 Å². The van der Waals surface area contributed by atoms with Crippen molar-refractivity contribution in [3.63, 3.8) is 0 Å². The number of amides is 1. The number of nitrogens with one attached hydrogen (secondary N) is 1. The number of rotatable bonds is 5. The van der Waals surface area contributed by atoms with Crippen molar-refractivity contribution in [2.24, 2.45) is 0 Å². The van der Waals surface area contributed by atoms with E-state index in [2.05, 4.69) is 19.2 Å². The lowest BCUT2D eigenvalue weighted by Gasteiger charge is -2.26. The molecular weight excluding hydrogens is 268 g/mol. The van der Waals surface area contributed by atoms with Gasteiger partial charge in [0, 0.05) is 25.4 Å². The Morgan fingerprint density at radius 2 is 1.95 bits per heavy atom. The zero-order valence-corrected chi connectivity index (χ0v) is 13.7. The zero-order valence-electron chi connectivity index (χ0n) is 13.7. The third kappa shape index (κ3) is 4.94. The topological polar surface area (TPSA) is 50.8 Å². The highest BCUT2D eigenvalue weighted by Crippen LogP contribution is 2.36. The average molecular weight is 298 g/mol. The summed E-state index contributed by atoms with van der Waals surface area (Å²) in [6, 6.07) is 0.371. The summed E-state index contributed by atoms with van der Waals surface area (Å²) < 4.78 is 12.1. The van der Waals surface area contributed by atoms with Crippen LogP contribution in [0.4, 0.5) is 0 Å². The highest BCUT2D eigenvalue weighted by atomic mass is 16.7. The van der Waals surface area contributed by atoms with Crippen molar-refractivity contribution in [1.29, 1.82) is 0 Å². The molecular formula is C16H30N2O3. The smallest absolute Gasteiger partial charge is 0.234 e. The van der Waals surface area contributed by atoms with Crippen LogP contribution in [-0.4, -0.2) is 55.5 Å². The Bertz CT molecular complexity index is 338. The average Bonchev–Trinajstić information content (AvgIpc) is 2.68. The number of carbonyl (C=O) groups excluding carboxylic acids is 1. The third-order valence-electron chi connectivity index (χ3n) is 4.58. The van der Waals surface area contributed by atoms with Crippen molar-refractivity contribution < 1.29 is 14.3 Å². The molecule has 2 aliphatic rings. The van der Waals surface area contributed by atoms with Crippen molar-refractivity contribution in [3.05, 3.63) is 0 Å². The van der Waals surface area contributed by atoms with Crippen LogP contribution in [0.1, 0.15) is 52.4 Å². The first-order chi connectivity index (χ1) is 10.0. The van der Waals surface area contributed by atoms with Gasteiger partial charge in [-0.25, -0.2) is 0 Å². The van der Waals surface area contributed by atoms with E-state index in [1.165, 1.54) is 25.7 Å². The Morgan fingerprint density at radius 3 is 2.57 bits per heavy atom. The van der Waals surface area contributed by atoms with Gasteiger partial charge < -0.3 is 14.8 Å². The number of likely N-dealkylation sites (N-methyl/N-ethyl adjacent to an activating group) is 1. The van der Waals surface area contributed by atoms with E-state index in [4.69, 9.17) is 9.47 Å². The molecule has 1 unspecified atom stereocenters. The predicted molar refractivity (Wildman–Crippen MR) is 82.0 cm³/mol. The summed E-state index contributed by atoms with van der Waals surface area (Å²) >= 11 is 0. The Balaban J connectivity index is 1.71. The molecule has 5 nitrogen and oxygen atoms in total. The van der Waals surface area contributed by atoms with Gasteiger partial charge in [0.25, 0.3) is 0 Å². The maximum atomic E-state index is 11.9. The summed E-state index contributed by atoms with van der Waals surface area (Å²) in [6.45, 7) is 5.73. The van der Waals surface area contributed by atoms with Crippen molar-refractivity contribution in [1.82, 2.24) is 10.2 Å². The molecule has 2 fully saturated rings. The molecule has 1 saturated heterocycles. The predicted octanol–water partition coefficient (Wildman–Crippen LogP) is 1.91. The first-order valence-electron chi connectivity index (χ1n) is 8.29. The standard InChI is InChI=1S/C16H30N2O3/c1-13(2)18(3)11-15(19)17-10-14-12-20-16(21-14)8-6-4-5-7-9-16/h13-14H,4-12H2,1-3H3,(H,17,19). The van der Waals surface area contributed by atoms with E-state index in [-0.39, 0.29) is 17.8 Å². The third-order valence-corrected chi connectivity index (χ3v) is 4.58. The molecule has 21 heavy (non-hydrogen) atoms. The minimum Gasteiger partial charge on any atom is -0.352 e. The zero-order chi connectivity index (χ0) is 15.3. The molecule has 5 heteroatoms. The van der Waals surface area contributed by atoms with Crippen LogP contribution in [-0.2, 0) is 14.3 Å². The summed E-state index contributed by atoms with van der Waals surface area (Å²) in [6.07, 6.45) is 6.89. The van der Waals surface area contributed by atoms with Crippen molar-refractivity contribution in [2.75, 3.05) is 26.7 Å². The van der Waals surface area contributed by atoms with Crippen LogP contribution in [0.25, 0.3) is 0 Å². The molecule has 0 aromatic carbocycles. The van der Waals surface area contributed by atoms with Gasteiger partial charge >= 0.3 is 0 Å². The van der Waals surface area contributed by atoms with E-state index in [1.807, 2.05) is 11.9 Å². The first kappa shape index (κ1) is 16.7. The Morgan fingerprint density at radius 1 is 1.29 bits per heavy atom. The fourth-order valence-electron chi connectivity index (χ4n) is 2.94. The summed E-state index contributed by atoms with van der Waals surface area (Å²) in [7, 11) is 1.96. The number of carbonyl (C=O) groups is 1. The van der Waals surface area contributed by atoms with E-state index in [0.717, 1.165) is 12.8 Å². The van der Waals surface area contributed by atoms with E-state index in [9.17, 15) is 4.79 Å². The monoisotopic (exact) mass is 298 g/mol. The number of hydrogen-bond donors (Lipinski definition) is 1. The van der Waals surface area contributed by atoms with Crippen molar-refractivity contribution >= 4 is 5.91 Å². The Kier molecular flexibility index (Phi) is 6.02. The lowest BCUT2D eigenvalue weighted by Crippen LogP contribution is -2.42. The van der Waals surface area contributed by atoms with Crippen molar-refractivity contribution in [3.8, 4) is 0 Å². The molecule has 1 aliphatic carbocycles. The highest BCUT2D eigenvalue weighted by molar-refractivity contribution is 5.78. The fourth-order valence-corrected chi connectivity index (χ4v) is 2.94.